The lowest BCUT2D eigenvalue weighted by Crippen LogP contribution is -2.56. The van der Waals surface area contributed by atoms with Gasteiger partial charge in [-0.3, -0.25) is 4.79 Å². The minimum absolute atomic E-state index is 0.162. The van der Waals surface area contributed by atoms with Crippen LogP contribution in [0.2, 0.25) is 0 Å². The third-order valence-corrected chi connectivity index (χ3v) is 3.95. The monoisotopic (exact) mass is 263 g/mol. The van der Waals surface area contributed by atoms with E-state index in [0.717, 1.165) is 29.7 Å². The Morgan fingerprint density at radius 3 is 2.42 bits per heavy atom. The summed E-state index contributed by atoms with van der Waals surface area (Å²) >= 11 is 0. The fourth-order valence-electron chi connectivity index (χ4n) is 2.53. The maximum absolute atomic E-state index is 11.6. The molecular weight excluding hydrogens is 242 g/mol. The van der Waals surface area contributed by atoms with Crippen LogP contribution in [0.15, 0.2) is 18.2 Å². The Balaban J connectivity index is 2.17. The van der Waals surface area contributed by atoms with E-state index in [1.807, 2.05) is 32.0 Å². The zero-order valence-electron chi connectivity index (χ0n) is 11.7. The summed E-state index contributed by atoms with van der Waals surface area (Å²) in [6, 6.07) is 5.92. The molecule has 0 amide bonds. The minimum atomic E-state index is -0.964. The number of ether oxygens (including phenoxy) is 1. The zero-order valence-corrected chi connectivity index (χ0v) is 11.7. The molecule has 0 bridgehead atoms. The van der Waals surface area contributed by atoms with E-state index in [9.17, 15) is 9.90 Å². The average Bonchev–Trinajstić information content (AvgIpc) is 3.18. The highest BCUT2D eigenvalue weighted by Gasteiger charge is 2.51. The van der Waals surface area contributed by atoms with E-state index in [-0.39, 0.29) is 12.5 Å². The van der Waals surface area contributed by atoms with Crippen LogP contribution in [0.3, 0.4) is 0 Å². The summed E-state index contributed by atoms with van der Waals surface area (Å²) in [5.41, 5.74) is 1.10. The normalized spacial score (nSPS) is 17.8. The van der Waals surface area contributed by atoms with Gasteiger partial charge in [-0.2, -0.15) is 0 Å². The van der Waals surface area contributed by atoms with E-state index >= 15 is 0 Å². The molecule has 4 nitrogen and oxygen atoms in total. The maximum Gasteiger partial charge on any atom is 0.327 e. The number of hydrogen-bond donors (Lipinski definition) is 2. The predicted octanol–water partition coefficient (Wildman–Crippen LogP) is 2.14. The van der Waals surface area contributed by atoms with Crippen molar-refractivity contribution in [2.45, 2.75) is 32.2 Å². The Morgan fingerprint density at radius 1 is 1.42 bits per heavy atom. The molecule has 0 aromatic heterocycles. The molecule has 2 N–H and O–H groups in total. The zero-order chi connectivity index (χ0) is 14.0. The van der Waals surface area contributed by atoms with Crippen LogP contribution < -0.4 is 10.1 Å². The highest BCUT2D eigenvalue weighted by atomic mass is 16.5. The number of aliphatic carboxylic acids is 1. The Bertz CT molecular complexity index is 462. The van der Waals surface area contributed by atoms with Gasteiger partial charge < -0.3 is 15.2 Å². The molecule has 1 aromatic rings. The SMILES string of the molecule is CNC(COc1c(C)cccc1C)(C(=O)O)C1CC1. The summed E-state index contributed by atoms with van der Waals surface area (Å²) in [6.45, 7) is 4.11. The third kappa shape index (κ3) is 2.59. The first kappa shape index (κ1) is 13.9. The third-order valence-electron chi connectivity index (χ3n) is 3.95. The van der Waals surface area contributed by atoms with Crippen LogP contribution in [0.1, 0.15) is 24.0 Å². The van der Waals surface area contributed by atoms with Crippen molar-refractivity contribution in [2.24, 2.45) is 5.92 Å². The number of hydrogen-bond acceptors (Lipinski definition) is 3. The van der Waals surface area contributed by atoms with Crippen LogP contribution >= 0.6 is 0 Å². The van der Waals surface area contributed by atoms with Crippen LogP contribution in [0.25, 0.3) is 0 Å². The van der Waals surface area contributed by atoms with Gasteiger partial charge in [0.05, 0.1) is 0 Å². The van der Waals surface area contributed by atoms with Gasteiger partial charge >= 0.3 is 5.97 Å². The Kier molecular flexibility index (Phi) is 3.80. The molecule has 0 aliphatic heterocycles. The second-order valence-electron chi connectivity index (χ2n) is 5.31. The highest BCUT2D eigenvalue weighted by Crippen LogP contribution is 2.40. The Labute approximate surface area is 113 Å². The number of aryl methyl sites for hydroxylation is 2. The number of rotatable bonds is 6. The molecule has 0 radical (unpaired) electrons. The predicted molar refractivity (Wildman–Crippen MR) is 73.6 cm³/mol. The second-order valence-corrected chi connectivity index (χ2v) is 5.31. The molecule has 1 aliphatic carbocycles. The van der Waals surface area contributed by atoms with E-state index in [0.29, 0.717) is 0 Å². The summed E-state index contributed by atoms with van der Waals surface area (Å²) in [4.78, 5) is 11.6. The van der Waals surface area contributed by atoms with Gasteiger partial charge in [0.25, 0.3) is 0 Å². The summed E-state index contributed by atoms with van der Waals surface area (Å²) in [5.74, 6) is 0.132. The fourth-order valence-corrected chi connectivity index (χ4v) is 2.53. The number of nitrogens with one attached hydrogen (secondary N) is 1. The van der Waals surface area contributed by atoms with Gasteiger partial charge in [-0.25, -0.2) is 0 Å². The summed E-state index contributed by atoms with van der Waals surface area (Å²) in [7, 11) is 1.69. The molecule has 0 saturated heterocycles. The average molecular weight is 263 g/mol. The van der Waals surface area contributed by atoms with Crippen LogP contribution in [0.5, 0.6) is 5.75 Å². The van der Waals surface area contributed by atoms with Crippen molar-refractivity contribution in [3.8, 4) is 5.75 Å². The van der Waals surface area contributed by atoms with Gasteiger partial charge in [0, 0.05) is 0 Å². The highest BCUT2D eigenvalue weighted by molar-refractivity contribution is 5.80. The standard InChI is InChI=1S/C15H21NO3/c1-10-5-4-6-11(2)13(10)19-9-15(16-3,14(17)18)12-7-8-12/h4-6,12,16H,7-9H2,1-3H3,(H,17,18). The molecule has 104 valence electrons. The van der Waals surface area contributed by atoms with Crippen molar-refractivity contribution in [2.75, 3.05) is 13.7 Å². The van der Waals surface area contributed by atoms with Gasteiger partial charge in [0.2, 0.25) is 0 Å². The summed E-state index contributed by atoms with van der Waals surface area (Å²) in [5, 5.41) is 12.5. The fraction of sp³-hybridized carbons (Fsp3) is 0.533. The number of likely N-dealkylation sites (N-methyl/N-ethyl adjacent to an activating group) is 1. The molecule has 0 spiro atoms. The number of benzene rings is 1. The smallest absolute Gasteiger partial charge is 0.327 e. The van der Waals surface area contributed by atoms with Crippen molar-refractivity contribution in [1.82, 2.24) is 5.32 Å². The molecule has 0 heterocycles. The first-order valence-electron chi connectivity index (χ1n) is 6.62. The van der Waals surface area contributed by atoms with Gasteiger partial charge in [-0.05, 0) is 50.8 Å². The second kappa shape index (κ2) is 5.21. The first-order chi connectivity index (χ1) is 9.01. The van der Waals surface area contributed by atoms with Crippen LogP contribution in [0, 0.1) is 19.8 Å². The molecular formula is C15H21NO3. The van der Waals surface area contributed by atoms with E-state index in [1.165, 1.54) is 0 Å². The quantitative estimate of drug-likeness (QED) is 0.825. The summed E-state index contributed by atoms with van der Waals surface area (Å²) < 4.78 is 5.84. The van der Waals surface area contributed by atoms with Crippen LogP contribution in [-0.4, -0.2) is 30.3 Å². The molecule has 19 heavy (non-hydrogen) atoms. The number of carboxylic acids is 1. The van der Waals surface area contributed by atoms with Crippen LogP contribution in [0.4, 0.5) is 0 Å². The van der Waals surface area contributed by atoms with E-state index in [4.69, 9.17) is 4.74 Å². The first-order valence-corrected chi connectivity index (χ1v) is 6.62. The van der Waals surface area contributed by atoms with Gasteiger partial charge in [-0.15, -0.1) is 0 Å². The van der Waals surface area contributed by atoms with E-state index < -0.39 is 11.5 Å². The maximum atomic E-state index is 11.6. The molecule has 1 aromatic carbocycles. The Morgan fingerprint density at radius 2 is 2.00 bits per heavy atom. The van der Waals surface area contributed by atoms with Gasteiger partial charge in [0.15, 0.2) is 5.54 Å². The molecule has 1 unspecified atom stereocenters. The van der Waals surface area contributed by atoms with Crippen molar-refractivity contribution >= 4 is 5.97 Å². The topological polar surface area (TPSA) is 58.6 Å². The van der Waals surface area contributed by atoms with Crippen molar-refractivity contribution in [3.63, 3.8) is 0 Å². The number of para-hydroxylation sites is 1. The van der Waals surface area contributed by atoms with E-state index in [2.05, 4.69) is 5.32 Å². The van der Waals surface area contributed by atoms with Gasteiger partial charge in [0.1, 0.15) is 12.4 Å². The van der Waals surface area contributed by atoms with Crippen molar-refractivity contribution < 1.29 is 14.6 Å². The lowest BCUT2D eigenvalue weighted by atomic mass is 9.94. The number of carbonyl (C=O) groups is 1. The minimum Gasteiger partial charge on any atom is -0.490 e. The van der Waals surface area contributed by atoms with Gasteiger partial charge in [-0.1, -0.05) is 18.2 Å². The molecule has 1 aliphatic rings. The molecule has 1 saturated carbocycles. The number of carboxylic acid groups (broad SMARTS) is 1. The molecule has 4 heteroatoms. The summed E-state index contributed by atoms with van der Waals surface area (Å²) in [6.07, 6.45) is 1.90. The molecule has 2 rings (SSSR count). The van der Waals surface area contributed by atoms with Crippen molar-refractivity contribution in [1.29, 1.82) is 0 Å². The lowest BCUT2D eigenvalue weighted by Gasteiger charge is -2.29. The lowest BCUT2D eigenvalue weighted by molar-refractivity contribution is -0.147. The van der Waals surface area contributed by atoms with Crippen molar-refractivity contribution in [3.05, 3.63) is 29.3 Å². The Hall–Kier alpha value is -1.55. The van der Waals surface area contributed by atoms with E-state index in [1.54, 1.807) is 7.05 Å². The molecule has 1 fully saturated rings. The molecule has 1 atom stereocenters. The van der Waals surface area contributed by atoms with Crippen LogP contribution in [-0.2, 0) is 4.79 Å². The largest absolute Gasteiger partial charge is 0.490 e.